The number of carbonyl (C=O) groups is 2. The van der Waals surface area contributed by atoms with Crippen LogP contribution in [-0.2, 0) is 9.59 Å². The number of benzene rings is 3. The number of halogens is 1. The van der Waals surface area contributed by atoms with E-state index in [0.717, 1.165) is 11.8 Å². The Hall–Kier alpha value is -3.62. The molecule has 0 saturated heterocycles. The van der Waals surface area contributed by atoms with Crippen molar-refractivity contribution in [1.82, 2.24) is 9.55 Å². The summed E-state index contributed by atoms with van der Waals surface area (Å²) in [4.78, 5) is 44.6. The van der Waals surface area contributed by atoms with Crippen molar-refractivity contribution in [2.45, 2.75) is 5.16 Å². The van der Waals surface area contributed by atoms with Gasteiger partial charge < -0.3 is 10.2 Å². The number of carbonyl (C=O) groups excluding carboxylic acids is 2. The van der Waals surface area contributed by atoms with Crippen molar-refractivity contribution >= 4 is 57.5 Å². The molecule has 0 radical (unpaired) electrons. The highest BCUT2D eigenvalue weighted by molar-refractivity contribution is 7.99. The molecule has 0 fully saturated rings. The normalized spacial score (nSPS) is 13.0. The van der Waals surface area contributed by atoms with Crippen molar-refractivity contribution in [3.63, 3.8) is 0 Å². The molecule has 0 unspecified atom stereocenters. The summed E-state index contributed by atoms with van der Waals surface area (Å²) in [6, 6.07) is 21.1. The molecule has 0 aliphatic carbocycles. The van der Waals surface area contributed by atoms with E-state index in [1.54, 1.807) is 66.7 Å². The third-order valence-corrected chi connectivity index (χ3v) is 6.37. The van der Waals surface area contributed by atoms with Gasteiger partial charge in [-0.2, -0.15) is 0 Å². The minimum Gasteiger partial charge on any atom is -0.323 e. The number of anilines is 2. The van der Waals surface area contributed by atoms with Crippen LogP contribution in [0.5, 0.6) is 0 Å². The number of rotatable bonds is 4. The van der Waals surface area contributed by atoms with Gasteiger partial charge in [0.1, 0.15) is 6.54 Å². The van der Waals surface area contributed by atoms with Crippen LogP contribution in [0.15, 0.2) is 82.7 Å². The molecular formula is C24H17ClN4O3S. The van der Waals surface area contributed by atoms with Gasteiger partial charge in [-0.15, -0.1) is 0 Å². The Morgan fingerprint density at radius 1 is 1.03 bits per heavy atom. The minimum atomic E-state index is -0.262. The fourth-order valence-electron chi connectivity index (χ4n) is 3.71. The lowest BCUT2D eigenvalue weighted by atomic mass is 10.2. The van der Waals surface area contributed by atoms with Gasteiger partial charge in [0.25, 0.3) is 5.56 Å². The van der Waals surface area contributed by atoms with E-state index in [1.165, 1.54) is 9.47 Å². The van der Waals surface area contributed by atoms with Crippen LogP contribution in [0.2, 0.25) is 5.02 Å². The predicted octanol–water partition coefficient (Wildman–Crippen LogP) is 4.12. The van der Waals surface area contributed by atoms with Crippen LogP contribution in [0.4, 0.5) is 11.4 Å². The molecule has 7 nitrogen and oxygen atoms in total. The van der Waals surface area contributed by atoms with E-state index < -0.39 is 0 Å². The van der Waals surface area contributed by atoms with Crippen LogP contribution in [0.1, 0.15) is 0 Å². The van der Waals surface area contributed by atoms with Crippen molar-refractivity contribution < 1.29 is 9.59 Å². The summed E-state index contributed by atoms with van der Waals surface area (Å²) in [7, 11) is 0. The summed E-state index contributed by atoms with van der Waals surface area (Å²) in [5.41, 5.74) is 2.08. The van der Waals surface area contributed by atoms with Gasteiger partial charge in [0.2, 0.25) is 11.8 Å². The van der Waals surface area contributed by atoms with Crippen molar-refractivity contribution in [3.05, 3.63) is 88.2 Å². The van der Waals surface area contributed by atoms with Gasteiger partial charge in [0.15, 0.2) is 5.16 Å². The molecule has 1 aromatic heterocycles. The maximum absolute atomic E-state index is 13.3. The Kier molecular flexibility index (Phi) is 5.62. The molecule has 1 aliphatic heterocycles. The minimum absolute atomic E-state index is 0.00698. The van der Waals surface area contributed by atoms with E-state index in [2.05, 4.69) is 10.3 Å². The molecule has 9 heteroatoms. The molecule has 0 bridgehead atoms. The summed E-state index contributed by atoms with van der Waals surface area (Å²) < 4.78 is 1.46. The standard InChI is InChI=1S/C24H17ClN4O3S/c25-15-6-5-7-16(12-15)29-23(32)17-8-1-2-9-18(17)27-24(29)33-14-22(31)28-13-21(30)26-19-10-3-4-11-20(19)28/h1-12H,13-14H2,(H,26,30). The maximum atomic E-state index is 13.3. The largest absolute Gasteiger partial charge is 0.323 e. The molecule has 1 N–H and O–H groups in total. The van der Waals surface area contributed by atoms with Crippen LogP contribution in [0, 0.1) is 0 Å². The van der Waals surface area contributed by atoms with E-state index in [0.29, 0.717) is 38.1 Å². The second-order valence-corrected chi connectivity index (χ2v) is 8.74. The number of para-hydroxylation sites is 3. The van der Waals surface area contributed by atoms with Crippen LogP contribution in [0.25, 0.3) is 16.6 Å². The number of thioether (sulfide) groups is 1. The molecule has 5 rings (SSSR count). The van der Waals surface area contributed by atoms with Gasteiger partial charge in [-0.25, -0.2) is 4.98 Å². The molecule has 1 aliphatic rings. The predicted molar refractivity (Wildman–Crippen MR) is 130 cm³/mol. The zero-order valence-corrected chi connectivity index (χ0v) is 18.8. The highest BCUT2D eigenvalue weighted by atomic mass is 35.5. The Balaban J connectivity index is 1.52. The van der Waals surface area contributed by atoms with Crippen molar-refractivity contribution in [1.29, 1.82) is 0 Å². The molecule has 0 spiro atoms. The average Bonchev–Trinajstić information content (AvgIpc) is 2.82. The zero-order valence-electron chi connectivity index (χ0n) is 17.2. The van der Waals surface area contributed by atoms with Crippen molar-refractivity contribution in [2.75, 3.05) is 22.5 Å². The van der Waals surface area contributed by atoms with E-state index >= 15 is 0 Å². The lowest BCUT2D eigenvalue weighted by Crippen LogP contribution is -2.43. The Morgan fingerprint density at radius 3 is 2.67 bits per heavy atom. The van der Waals surface area contributed by atoms with Gasteiger partial charge >= 0.3 is 0 Å². The fourth-order valence-corrected chi connectivity index (χ4v) is 4.79. The first-order valence-electron chi connectivity index (χ1n) is 10.1. The second-order valence-electron chi connectivity index (χ2n) is 7.37. The third kappa shape index (κ3) is 4.10. The topological polar surface area (TPSA) is 84.3 Å². The molecule has 164 valence electrons. The number of aromatic nitrogens is 2. The van der Waals surface area contributed by atoms with E-state index in [9.17, 15) is 14.4 Å². The molecule has 2 heterocycles. The lowest BCUT2D eigenvalue weighted by Gasteiger charge is -2.29. The smallest absolute Gasteiger partial charge is 0.266 e. The highest BCUT2D eigenvalue weighted by Gasteiger charge is 2.27. The van der Waals surface area contributed by atoms with Gasteiger partial charge in [-0.3, -0.25) is 19.0 Å². The molecule has 4 aromatic rings. The monoisotopic (exact) mass is 476 g/mol. The summed E-state index contributed by atoms with van der Waals surface area (Å²) in [6.07, 6.45) is 0. The van der Waals surface area contributed by atoms with Crippen LogP contribution >= 0.6 is 23.4 Å². The highest BCUT2D eigenvalue weighted by Crippen LogP contribution is 2.30. The molecule has 0 atom stereocenters. The van der Waals surface area contributed by atoms with Gasteiger partial charge in [-0.05, 0) is 42.5 Å². The number of hydrogen-bond donors (Lipinski definition) is 1. The molecule has 2 amide bonds. The Bertz CT molecular complexity index is 1470. The number of fused-ring (bicyclic) bond motifs is 2. The third-order valence-electron chi connectivity index (χ3n) is 5.21. The van der Waals surface area contributed by atoms with E-state index in [4.69, 9.17) is 11.6 Å². The van der Waals surface area contributed by atoms with Gasteiger partial charge in [0, 0.05) is 5.02 Å². The van der Waals surface area contributed by atoms with Gasteiger partial charge in [-0.1, -0.05) is 53.7 Å². The Morgan fingerprint density at radius 2 is 1.82 bits per heavy atom. The quantitative estimate of drug-likeness (QED) is 0.354. The number of hydrogen-bond acceptors (Lipinski definition) is 5. The number of nitrogens with one attached hydrogen (secondary N) is 1. The van der Waals surface area contributed by atoms with Crippen LogP contribution in [0.3, 0.4) is 0 Å². The van der Waals surface area contributed by atoms with Crippen molar-refractivity contribution in [3.8, 4) is 5.69 Å². The molecule has 33 heavy (non-hydrogen) atoms. The summed E-state index contributed by atoms with van der Waals surface area (Å²) in [6.45, 7) is -0.0668. The average molecular weight is 477 g/mol. The first-order valence-corrected chi connectivity index (χ1v) is 11.5. The van der Waals surface area contributed by atoms with E-state index in [1.807, 2.05) is 6.07 Å². The molecule has 0 saturated carbocycles. The van der Waals surface area contributed by atoms with E-state index in [-0.39, 0.29) is 29.7 Å². The summed E-state index contributed by atoms with van der Waals surface area (Å²) in [5.74, 6) is -0.526. The second kappa shape index (κ2) is 8.73. The fraction of sp³-hybridized carbons (Fsp3) is 0.0833. The number of amides is 2. The molecular weight excluding hydrogens is 460 g/mol. The molecule has 3 aromatic carbocycles. The summed E-state index contributed by atoms with van der Waals surface area (Å²) >= 11 is 7.31. The SMILES string of the molecule is O=C1CN(C(=O)CSc2nc3ccccc3c(=O)n2-c2cccc(Cl)c2)c2ccccc2N1. The zero-order chi connectivity index (χ0) is 22.9. The Labute approximate surface area is 198 Å². The first kappa shape index (κ1) is 21.2. The number of nitrogens with zero attached hydrogens (tertiary/aromatic N) is 3. The first-order chi connectivity index (χ1) is 16.0. The van der Waals surface area contributed by atoms with Gasteiger partial charge in [0.05, 0.1) is 33.7 Å². The van der Waals surface area contributed by atoms with Crippen LogP contribution in [-0.4, -0.2) is 33.7 Å². The maximum Gasteiger partial charge on any atom is 0.266 e. The van der Waals surface area contributed by atoms with Crippen molar-refractivity contribution in [2.24, 2.45) is 0 Å². The van der Waals surface area contributed by atoms with Crippen LogP contribution < -0.4 is 15.8 Å². The lowest BCUT2D eigenvalue weighted by molar-refractivity contribution is -0.120. The summed E-state index contributed by atoms with van der Waals surface area (Å²) in [5, 5.41) is 4.09.